The number of benzene rings is 1. The largest absolute Gasteiger partial charge is 0.495 e. The summed E-state index contributed by atoms with van der Waals surface area (Å²) in [6.07, 6.45) is 3.32. The number of ether oxygens (including phenoxy) is 1. The van der Waals surface area contributed by atoms with Gasteiger partial charge in [0.2, 0.25) is 5.78 Å². The molecule has 0 radical (unpaired) electrons. The van der Waals surface area contributed by atoms with E-state index in [1.807, 2.05) is 6.92 Å². The number of rotatable bonds is 3. The van der Waals surface area contributed by atoms with Crippen molar-refractivity contribution in [3.05, 3.63) is 46.5 Å². The Morgan fingerprint density at radius 2 is 2.17 bits per heavy atom. The molecule has 0 aliphatic carbocycles. The van der Waals surface area contributed by atoms with Crippen molar-refractivity contribution in [1.82, 2.24) is 9.55 Å². The van der Waals surface area contributed by atoms with E-state index in [1.54, 1.807) is 43.3 Å². The average molecular weight is 265 g/mol. The molecule has 94 valence electrons. The van der Waals surface area contributed by atoms with Crippen LogP contribution in [0.15, 0.2) is 24.5 Å². The van der Waals surface area contributed by atoms with Crippen molar-refractivity contribution in [3.8, 4) is 5.75 Å². The van der Waals surface area contributed by atoms with E-state index in [9.17, 15) is 4.79 Å². The molecule has 4 nitrogen and oxygen atoms in total. The average Bonchev–Trinajstić information content (AvgIpc) is 2.77. The molecular weight excluding hydrogens is 252 g/mol. The molecule has 0 bridgehead atoms. The van der Waals surface area contributed by atoms with Crippen molar-refractivity contribution in [3.63, 3.8) is 0 Å². The van der Waals surface area contributed by atoms with Gasteiger partial charge in [0.05, 0.1) is 12.1 Å². The van der Waals surface area contributed by atoms with Crippen LogP contribution in [0.5, 0.6) is 5.75 Å². The SMILES string of the molecule is COc1cc(C)c(C(=O)c2nccn2C)cc1Cl. The van der Waals surface area contributed by atoms with Crippen molar-refractivity contribution < 1.29 is 9.53 Å². The topological polar surface area (TPSA) is 44.1 Å². The first kappa shape index (κ1) is 12.6. The smallest absolute Gasteiger partial charge is 0.228 e. The number of methoxy groups -OCH3 is 1. The molecule has 0 saturated heterocycles. The van der Waals surface area contributed by atoms with Gasteiger partial charge in [-0.1, -0.05) is 11.6 Å². The first-order valence-electron chi connectivity index (χ1n) is 5.40. The van der Waals surface area contributed by atoms with Gasteiger partial charge in [-0.25, -0.2) is 4.98 Å². The molecule has 0 unspecified atom stereocenters. The minimum absolute atomic E-state index is 0.149. The van der Waals surface area contributed by atoms with E-state index in [1.165, 1.54) is 0 Å². The van der Waals surface area contributed by atoms with Gasteiger partial charge in [-0.3, -0.25) is 4.79 Å². The monoisotopic (exact) mass is 264 g/mol. The van der Waals surface area contributed by atoms with E-state index in [4.69, 9.17) is 16.3 Å². The number of aryl methyl sites for hydroxylation is 2. The lowest BCUT2D eigenvalue weighted by atomic mass is 10.0. The highest BCUT2D eigenvalue weighted by molar-refractivity contribution is 6.32. The molecule has 0 spiro atoms. The van der Waals surface area contributed by atoms with Gasteiger partial charge in [0, 0.05) is 25.0 Å². The van der Waals surface area contributed by atoms with Gasteiger partial charge in [0.25, 0.3) is 0 Å². The lowest BCUT2D eigenvalue weighted by molar-refractivity contribution is 0.102. The first-order valence-corrected chi connectivity index (χ1v) is 5.78. The number of halogens is 1. The van der Waals surface area contributed by atoms with Crippen LogP contribution in [0.25, 0.3) is 0 Å². The van der Waals surface area contributed by atoms with Crippen LogP contribution in [0.3, 0.4) is 0 Å². The van der Waals surface area contributed by atoms with Gasteiger partial charge < -0.3 is 9.30 Å². The number of nitrogens with zero attached hydrogens (tertiary/aromatic N) is 2. The minimum Gasteiger partial charge on any atom is -0.495 e. The normalized spacial score (nSPS) is 10.4. The molecule has 1 heterocycles. The fourth-order valence-corrected chi connectivity index (χ4v) is 2.00. The molecule has 2 aromatic rings. The van der Waals surface area contributed by atoms with Crippen LogP contribution < -0.4 is 4.74 Å². The van der Waals surface area contributed by atoms with Gasteiger partial charge >= 0.3 is 0 Å². The van der Waals surface area contributed by atoms with E-state index in [0.717, 1.165) is 5.56 Å². The molecule has 0 saturated carbocycles. The summed E-state index contributed by atoms with van der Waals surface area (Å²) in [5.74, 6) is 0.800. The second-order valence-electron chi connectivity index (χ2n) is 3.99. The molecule has 1 aromatic carbocycles. The Hall–Kier alpha value is -1.81. The molecule has 0 aliphatic heterocycles. The third-order valence-corrected chi connectivity index (χ3v) is 3.06. The van der Waals surface area contributed by atoms with Crippen LogP contribution >= 0.6 is 11.6 Å². The number of carbonyl (C=O) groups is 1. The maximum Gasteiger partial charge on any atom is 0.228 e. The zero-order chi connectivity index (χ0) is 13.3. The summed E-state index contributed by atoms with van der Waals surface area (Å²) in [4.78, 5) is 16.4. The standard InChI is InChI=1S/C13H13ClN2O2/c1-8-6-11(18-3)10(14)7-9(8)12(17)13-15-4-5-16(13)2/h4-7H,1-3H3. The lowest BCUT2D eigenvalue weighted by Crippen LogP contribution is -2.10. The Morgan fingerprint density at radius 3 is 2.72 bits per heavy atom. The van der Waals surface area contributed by atoms with Crippen LogP contribution in [0.1, 0.15) is 21.7 Å². The molecule has 0 aliphatic rings. The predicted octanol–water partition coefficient (Wildman–Crippen LogP) is 2.62. The number of hydrogen-bond donors (Lipinski definition) is 0. The highest BCUT2D eigenvalue weighted by Gasteiger charge is 2.18. The molecule has 18 heavy (non-hydrogen) atoms. The number of carbonyl (C=O) groups excluding carboxylic acids is 1. The summed E-state index contributed by atoms with van der Waals surface area (Å²) in [5, 5.41) is 0.417. The maximum absolute atomic E-state index is 12.3. The third-order valence-electron chi connectivity index (χ3n) is 2.77. The predicted molar refractivity (Wildman–Crippen MR) is 69.4 cm³/mol. The van der Waals surface area contributed by atoms with Gasteiger partial charge in [0.1, 0.15) is 5.75 Å². The zero-order valence-electron chi connectivity index (χ0n) is 10.4. The second-order valence-corrected chi connectivity index (χ2v) is 4.40. The molecule has 1 aromatic heterocycles. The number of imidazole rings is 1. The molecule has 0 fully saturated rings. The van der Waals surface area contributed by atoms with Crippen molar-refractivity contribution in [2.24, 2.45) is 7.05 Å². The van der Waals surface area contributed by atoms with Crippen molar-refractivity contribution in [2.45, 2.75) is 6.92 Å². The fraction of sp³-hybridized carbons (Fsp3) is 0.231. The molecule has 5 heteroatoms. The Labute approximate surface area is 110 Å². The molecule has 2 rings (SSSR count). The Balaban J connectivity index is 2.49. The van der Waals surface area contributed by atoms with E-state index in [2.05, 4.69) is 4.98 Å². The van der Waals surface area contributed by atoms with Crippen LogP contribution in [-0.2, 0) is 7.05 Å². The highest BCUT2D eigenvalue weighted by atomic mass is 35.5. The summed E-state index contributed by atoms with van der Waals surface area (Å²) >= 11 is 6.04. The molecule has 0 N–H and O–H groups in total. The van der Waals surface area contributed by atoms with E-state index < -0.39 is 0 Å². The summed E-state index contributed by atoms with van der Waals surface area (Å²) < 4.78 is 6.79. The highest BCUT2D eigenvalue weighted by Crippen LogP contribution is 2.28. The first-order chi connectivity index (χ1) is 8.54. The second kappa shape index (κ2) is 4.82. The Morgan fingerprint density at radius 1 is 1.44 bits per heavy atom. The molecule has 0 amide bonds. The van der Waals surface area contributed by atoms with Gasteiger partial charge in [-0.15, -0.1) is 0 Å². The molecule has 0 atom stereocenters. The number of ketones is 1. The number of aromatic nitrogens is 2. The van der Waals surface area contributed by atoms with Gasteiger partial charge in [-0.2, -0.15) is 0 Å². The summed E-state index contributed by atoms with van der Waals surface area (Å²) in [5.41, 5.74) is 1.35. The van der Waals surface area contributed by atoms with E-state index in [-0.39, 0.29) is 5.78 Å². The van der Waals surface area contributed by atoms with Crippen LogP contribution in [-0.4, -0.2) is 22.4 Å². The summed E-state index contributed by atoms with van der Waals surface area (Å²) in [6.45, 7) is 1.84. The van der Waals surface area contributed by atoms with Crippen LogP contribution in [0, 0.1) is 6.92 Å². The quantitative estimate of drug-likeness (QED) is 0.801. The minimum atomic E-state index is -0.149. The number of hydrogen-bond acceptors (Lipinski definition) is 3. The Bertz CT molecular complexity index is 605. The zero-order valence-corrected chi connectivity index (χ0v) is 11.2. The van der Waals surface area contributed by atoms with E-state index >= 15 is 0 Å². The summed E-state index contributed by atoms with van der Waals surface area (Å²) in [7, 11) is 3.32. The lowest BCUT2D eigenvalue weighted by Gasteiger charge is -2.09. The van der Waals surface area contributed by atoms with Crippen LogP contribution in [0.4, 0.5) is 0 Å². The fourth-order valence-electron chi connectivity index (χ4n) is 1.76. The van der Waals surface area contributed by atoms with Gasteiger partial charge in [-0.05, 0) is 24.6 Å². The maximum atomic E-state index is 12.3. The van der Waals surface area contributed by atoms with Crippen molar-refractivity contribution >= 4 is 17.4 Å². The van der Waals surface area contributed by atoms with Crippen LogP contribution in [0.2, 0.25) is 5.02 Å². The summed E-state index contributed by atoms with van der Waals surface area (Å²) in [6, 6.07) is 3.37. The van der Waals surface area contributed by atoms with Gasteiger partial charge in [0.15, 0.2) is 5.82 Å². The van der Waals surface area contributed by atoms with Crippen molar-refractivity contribution in [1.29, 1.82) is 0 Å². The Kier molecular flexibility index (Phi) is 3.39. The van der Waals surface area contributed by atoms with E-state index in [0.29, 0.717) is 22.2 Å². The van der Waals surface area contributed by atoms with Crippen molar-refractivity contribution in [2.75, 3.05) is 7.11 Å². The molecular formula is C13H13ClN2O2. The third kappa shape index (κ3) is 2.11.